The molecule has 3 rings (SSSR count). The molecule has 0 saturated carbocycles. The number of halogens is 3. The van der Waals surface area contributed by atoms with Crippen molar-refractivity contribution < 1.29 is 8.42 Å². The van der Waals surface area contributed by atoms with E-state index in [2.05, 4.69) is 4.90 Å². The van der Waals surface area contributed by atoms with Gasteiger partial charge in [-0.2, -0.15) is 0 Å². The Morgan fingerprint density at radius 1 is 1.13 bits per heavy atom. The quantitative estimate of drug-likeness (QED) is 0.709. The van der Waals surface area contributed by atoms with Crippen molar-refractivity contribution in [3.8, 4) is 0 Å². The van der Waals surface area contributed by atoms with Crippen molar-refractivity contribution in [1.82, 2.24) is 4.90 Å². The molecule has 2 aromatic carbocycles. The summed E-state index contributed by atoms with van der Waals surface area (Å²) in [7, 11) is 3.68. The lowest BCUT2D eigenvalue weighted by Gasteiger charge is -2.33. The second-order valence-electron chi connectivity index (χ2n) is 5.71. The lowest BCUT2D eigenvalue weighted by Crippen LogP contribution is -2.31. The van der Waals surface area contributed by atoms with Crippen LogP contribution in [0, 0.1) is 0 Å². The molecule has 3 nitrogen and oxygen atoms in total. The topological polar surface area (TPSA) is 37.4 Å². The molecule has 7 heteroatoms. The average Bonchev–Trinajstić information content (AvgIpc) is 2.47. The van der Waals surface area contributed by atoms with E-state index in [1.165, 1.54) is 12.1 Å². The molecule has 1 atom stereocenters. The van der Waals surface area contributed by atoms with Gasteiger partial charge < -0.3 is 4.90 Å². The molecule has 23 heavy (non-hydrogen) atoms. The van der Waals surface area contributed by atoms with Crippen molar-refractivity contribution in [2.24, 2.45) is 0 Å². The van der Waals surface area contributed by atoms with Crippen LogP contribution in [0.3, 0.4) is 0 Å². The summed E-state index contributed by atoms with van der Waals surface area (Å²) >= 11 is 12.5. The van der Waals surface area contributed by atoms with Crippen LogP contribution in [0.1, 0.15) is 22.6 Å². The van der Waals surface area contributed by atoms with E-state index in [4.69, 9.17) is 33.9 Å². The molecule has 2 aromatic rings. The number of nitrogens with zero attached hydrogens (tertiary/aromatic N) is 1. The van der Waals surface area contributed by atoms with E-state index in [1.54, 1.807) is 18.2 Å². The first-order chi connectivity index (χ1) is 10.8. The van der Waals surface area contributed by atoms with Gasteiger partial charge >= 0.3 is 0 Å². The summed E-state index contributed by atoms with van der Waals surface area (Å²) in [5, 5.41) is 1.26. The van der Waals surface area contributed by atoms with Gasteiger partial charge in [-0.1, -0.05) is 35.3 Å². The lowest BCUT2D eigenvalue weighted by atomic mass is 9.85. The number of rotatable bonds is 2. The molecule has 0 fully saturated rings. The van der Waals surface area contributed by atoms with E-state index in [0.29, 0.717) is 10.0 Å². The predicted molar refractivity (Wildman–Crippen MR) is 94.1 cm³/mol. The summed E-state index contributed by atoms with van der Waals surface area (Å²) in [5.74, 6) is 0.0760. The monoisotopic (exact) mass is 389 g/mol. The van der Waals surface area contributed by atoms with Crippen LogP contribution >= 0.6 is 33.9 Å². The second kappa shape index (κ2) is 6.26. The number of fused-ring (bicyclic) bond motifs is 1. The zero-order valence-electron chi connectivity index (χ0n) is 12.3. The zero-order chi connectivity index (χ0) is 16.8. The summed E-state index contributed by atoms with van der Waals surface area (Å²) in [4.78, 5) is 2.27. The van der Waals surface area contributed by atoms with Crippen LogP contribution in [0.2, 0.25) is 10.0 Å². The highest BCUT2D eigenvalue weighted by atomic mass is 35.7. The normalized spacial score (nSPS) is 18.7. The molecule has 1 aliphatic rings. The largest absolute Gasteiger partial charge is 0.301 e. The maximum absolute atomic E-state index is 11.4. The van der Waals surface area contributed by atoms with Gasteiger partial charge in [0.2, 0.25) is 0 Å². The van der Waals surface area contributed by atoms with Crippen LogP contribution in [0.4, 0.5) is 0 Å². The van der Waals surface area contributed by atoms with Crippen molar-refractivity contribution in [2.75, 3.05) is 13.6 Å². The molecule has 0 N–H and O–H groups in total. The Balaban J connectivity index is 2.08. The van der Waals surface area contributed by atoms with Crippen LogP contribution in [0.5, 0.6) is 0 Å². The molecule has 0 amide bonds. The first-order valence-electron chi connectivity index (χ1n) is 6.96. The van der Waals surface area contributed by atoms with Crippen LogP contribution in [0.25, 0.3) is 0 Å². The van der Waals surface area contributed by atoms with Gasteiger partial charge in [-0.05, 0) is 48.0 Å². The molecule has 1 aliphatic heterocycles. The SMILES string of the molecule is CN1Cc2c(Cl)cc(Cl)cc2[C@H](c2ccc(S(=O)(=O)Cl)cc2)C1. The molecular formula is C16H14Cl3NO2S. The fraction of sp³-hybridized carbons (Fsp3) is 0.250. The van der Waals surface area contributed by atoms with Gasteiger partial charge in [0, 0.05) is 39.7 Å². The van der Waals surface area contributed by atoms with Gasteiger partial charge in [-0.25, -0.2) is 8.42 Å². The Morgan fingerprint density at radius 2 is 1.78 bits per heavy atom. The second-order valence-corrected chi connectivity index (χ2v) is 9.12. The Kier molecular flexibility index (Phi) is 4.64. The molecular weight excluding hydrogens is 377 g/mol. The Morgan fingerprint density at radius 3 is 2.39 bits per heavy atom. The third-order valence-corrected chi connectivity index (χ3v) is 5.98. The molecule has 0 bridgehead atoms. The fourth-order valence-electron chi connectivity index (χ4n) is 2.99. The number of benzene rings is 2. The molecule has 122 valence electrons. The van der Waals surface area contributed by atoms with E-state index >= 15 is 0 Å². The van der Waals surface area contributed by atoms with Crippen LogP contribution in [-0.4, -0.2) is 26.9 Å². The van der Waals surface area contributed by atoms with E-state index in [-0.39, 0.29) is 10.8 Å². The summed E-state index contributed by atoms with van der Waals surface area (Å²) in [6, 6.07) is 10.3. The first-order valence-corrected chi connectivity index (χ1v) is 10.0. The first kappa shape index (κ1) is 17.1. The van der Waals surface area contributed by atoms with Gasteiger partial charge in [0.15, 0.2) is 0 Å². The third-order valence-electron chi connectivity index (χ3n) is 4.06. The standard InChI is InChI=1S/C16H14Cl3NO2S/c1-20-8-14(10-2-4-12(5-3-10)23(19,21)22)13-6-11(17)7-16(18)15(13)9-20/h2-7,14H,8-9H2,1H3/t14-/m0/s1. The summed E-state index contributed by atoms with van der Waals surface area (Å²) in [6.45, 7) is 1.56. The maximum Gasteiger partial charge on any atom is 0.261 e. The predicted octanol–water partition coefficient (Wildman–Crippen LogP) is 4.50. The molecule has 0 unspecified atom stereocenters. The van der Waals surface area contributed by atoms with Gasteiger partial charge in [0.05, 0.1) is 4.90 Å². The van der Waals surface area contributed by atoms with Crippen LogP contribution < -0.4 is 0 Å². The minimum Gasteiger partial charge on any atom is -0.301 e. The molecule has 1 heterocycles. The highest BCUT2D eigenvalue weighted by Gasteiger charge is 2.27. The number of likely N-dealkylation sites (N-methyl/N-ethyl adjacent to an activating group) is 1. The average molecular weight is 391 g/mol. The van der Waals surface area contributed by atoms with Crippen molar-refractivity contribution in [1.29, 1.82) is 0 Å². The molecule has 0 spiro atoms. The summed E-state index contributed by atoms with van der Waals surface area (Å²) in [6.07, 6.45) is 0. The highest BCUT2D eigenvalue weighted by Crippen LogP contribution is 2.38. The lowest BCUT2D eigenvalue weighted by molar-refractivity contribution is 0.295. The minimum absolute atomic E-state index is 0.0760. The van der Waals surface area contributed by atoms with E-state index in [9.17, 15) is 8.42 Å². The molecule has 0 saturated heterocycles. The van der Waals surface area contributed by atoms with E-state index in [0.717, 1.165) is 29.8 Å². The van der Waals surface area contributed by atoms with Gasteiger partial charge in [-0.15, -0.1) is 0 Å². The summed E-state index contributed by atoms with van der Waals surface area (Å²) in [5.41, 5.74) is 3.14. The van der Waals surface area contributed by atoms with Crippen molar-refractivity contribution in [3.05, 3.63) is 63.1 Å². The Bertz CT molecular complexity index is 850. The number of hydrogen-bond donors (Lipinski definition) is 0. The Labute approximate surface area is 150 Å². The maximum atomic E-state index is 11.4. The van der Waals surface area contributed by atoms with Crippen molar-refractivity contribution >= 4 is 42.9 Å². The van der Waals surface area contributed by atoms with Gasteiger partial charge in [-0.3, -0.25) is 0 Å². The third kappa shape index (κ3) is 3.52. The zero-order valence-corrected chi connectivity index (χ0v) is 15.3. The van der Waals surface area contributed by atoms with E-state index < -0.39 is 9.05 Å². The Hall–Kier alpha value is -0.780. The fourth-order valence-corrected chi connectivity index (χ4v) is 4.33. The van der Waals surface area contributed by atoms with Crippen molar-refractivity contribution in [2.45, 2.75) is 17.4 Å². The van der Waals surface area contributed by atoms with Crippen LogP contribution in [-0.2, 0) is 15.6 Å². The molecule has 0 aliphatic carbocycles. The molecule has 0 radical (unpaired) electrons. The van der Waals surface area contributed by atoms with Gasteiger partial charge in [0.25, 0.3) is 9.05 Å². The molecule has 0 aromatic heterocycles. The van der Waals surface area contributed by atoms with E-state index in [1.807, 2.05) is 13.1 Å². The summed E-state index contributed by atoms with van der Waals surface area (Å²) < 4.78 is 22.8. The number of hydrogen-bond acceptors (Lipinski definition) is 3. The van der Waals surface area contributed by atoms with Gasteiger partial charge in [0.1, 0.15) is 0 Å². The smallest absolute Gasteiger partial charge is 0.261 e. The van der Waals surface area contributed by atoms with Crippen molar-refractivity contribution in [3.63, 3.8) is 0 Å². The minimum atomic E-state index is -3.72. The van der Waals surface area contributed by atoms with Crippen LogP contribution in [0.15, 0.2) is 41.3 Å². The highest BCUT2D eigenvalue weighted by molar-refractivity contribution is 8.13.